The van der Waals surface area contributed by atoms with Crippen LogP contribution < -0.4 is 5.73 Å². The molecular weight excluding hydrogens is 246 g/mol. The number of rotatable bonds is 1. The highest BCUT2D eigenvalue weighted by atomic mass is 35.5. The van der Waals surface area contributed by atoms with Crippen LogP contribution in [-0.4, -0.2) is 9.97 Å². The van der Waals surface area contributed by atoms with Gasteiger partial charge < -0.3 is 10.7 Å². The number of imidazole rings is 1. The maximum Gasteiger partial charge on any atom is 0.138 e. The Morgan fingerprint density at radius 1 is 1.22 bits per heavy atom. The largest absolute Gasteiger partial charge is 0.397 e. The topological polar surface area (TPSA) is 54.7 Å². The molecule has 0 bridgehead atoms. The lowest BCUT2D eigenvalue weighted by Crippen LogP contribution is -1.86. The zero-order valence-electron chi connectivity index (χ0n) is 9.87. The number of nitrogens with zero attached hydrogens (tertiary/aromatic N) is 1. The van der Waals surface area contributed by atoms with Crippen LogP contribution in [0.4, 0.5) is 5.69 Å². The van der Waals surface area contributed by atoms with Gasteiger partial charge in [0.25, 0.3) is 0 Å². The van der Waals surface area contributed by atoms with Gasteiger partial charge in [0.2, 0.25) is 0 Å². The van der Waals surface area contributed by atoms with E-state index in [1.807, 2.05) is 43.3 Å². The lowest BCUT2D eigenvalue weighted by Gasteiger charge is -2.02. The van der Waals surface area contributed by atoms with Crippen molar-refractivity contribution in [3.05, 3.63) is 47.0 Å². The minimum absolute atomic E-state index is 0.682. The molecule has 3 aromatic rings. The van der Waals surface area contributed by atoms with Crippen LogP contribution in [0.5, 0.6) is 0 Å². The van der Waals surface area contributed by atoms with Crippen molar-refractivity contribution < 1.29 is 0 Å². The van der Waals surface area contributed by atoms with Gasteiger partial charge in [-0.05, 0) is 42.8 Å². The third-order valence-corrected chi connectivity index (χ3v) is 3.22. The van der Waals surface area contributed by atoms with Gasteiger partial charge in [-0.25, -0.2) is 4.98 Å². The molecule has 0 unspecified atom stereocenters. The number of hydrogen-bond donors (Lipinski definition) is 2. The van der Waals surface area contributed by atoms with Crippen LogP contribution in [-0.2, 0) is 0 Å². The maximum absolute atomic E-state index is 5.96. The molecule has 0 aliphatic carbocycles. The Hall–Kier alpha value is -2.00. The molecule has 0 aliphatic heterocycles. The molecular formula is C14H12ClN3. The van der Waals surface area contributed by atoms with Gasteiger partial charge in [-0.3, -0.25) is 0 Å². The first-order valence-electron chi connectivity index (χ1n) is 5.66. The summed E-state index contributed by atoms with van der Waals surface area (Å²) in [5, 5.41) is 0.729. The fraction of sp³-hybridized carbons (Fsp3) is 0.0714. The fourth-order valence-electron chi connectivity index (χ4n) is 2.07. The highest BCUT2D eigenvalue weighted by Crippen LogP contribution is 2.27. The minimum atomic E-state index is 0.682. The smallest absolute Gasteiger partial charge is 0.138 e. The van der Waals surface area contributed by atoms with E-state index in [4.69, 9.17) is 17.3 Å². The molecule has 3 rings (SSSR count). The van der Waals surface area contributed by atoms with Gasteiger partial charge in [0.05, 0.1) is 11.2 Å². The summed E-state index contributed by atoms with van der Waals surface area (Å²) in [5.74, 6) is 0.817. The van der Waals surface area contributed by atoms with Crippen LogP contribution in [0.2, 0.25) is 5.02 Å². The van der Waals surface area contributed by atoms with Gasteiger partial charge in [0.15, 0.2) is 0 Å². The number of benzene rings is 2. The van der Waals surface area contributed by atoms with E-state index in [1.165, 1.54) is 0 Å². The van der Waals surface area contributed by atoms with Gasteiger partial charge in [0, 0.05) is 10.6 Å². The number of nitrogen functional groups attached to an aromatic ring is 1. The summed E-state index contributed by atoms with van der Waals surface area (Å²) < 4.78 is 0. The molecule has 3 nitrogen and oxygen atoms in total. The quantitative estimate of drug-likeness (QED) is 0.652. The summed E-state index contributed by atoms with van der Waals surface area (Å²) in [6.45, 7) is 2.01. The fourth-order valence-corrected chi connectivity index (χ4v) is 2.30. The number of hydrogen-bond acceptors (Lipinski definition) is 2. The molecule has 1 aromatic heterocycles. The van der Waals surface area contributed by atoms with Crippen LogP contribution in [0, 0.1) is 6.92 Å². The Labute approximate surface area is 110 Å². The second-order valence-electron chi connectivity index (χ2n) is 4.29. The van der Waals surface area contributed by atoms with Crippen molar-refractivity contribution in [3.63, 3.8) is 0 Å². The standard InChI is InChI=1S/C14H12ClN3/c1-8-7-9(15)5-6-10(8)14-17-12-4-2-3-11(16)13(12)18-14/h2-7H,16H2,1H3,(H,17,18). The van der Waals surface area contributed by atoms with Crippen molar-refractivity contribution in [2.45, 2.75) is 6.92 Å². The SMILES string of the molecule is Cc1cc(Cl)ccc1-c1nc2c(N)cccc2[nH]1. The Balaban J connectivity index is 2.23. The van der Waals surface area contributed by atoms with Crippen molar-refractivity contribution in [1.82, 2.24) is 9.97 Å². The molecule has 0 aliphatic rings. The van der Waals surface area contributed by atoms with E-state index in [0.717, 1.165) is 33.0 Å². The number of nitrogens with two attached hydrogens (primary N) is 1. The molecule has 0 amide bonds. The number of anilines is 1. The van der Waals surface area contributed by atoms with E-state index in [9.17, 15) is 0 Å². The first-order valence-corrected chi connectivity index (χ1v) is 6.03. The van der Waals surface area contributed by atoms with Crippen molar-refractivity contribution in [2.75, 3.05) is 5.73 Å². The number of halogens is 1. The molecule has 2 aromatic carbocycles. The molecule has 1 heterocycles. The zero-order valence-corrected chi connectivity index (χ0v) is 10.6. The monoisotopic (exact) mass is 257 g/mol. The van der Waals surface area contributed by atoms with Crippen molar-refractivity contribution in [1.29, 1.82) is 0 Å². The van der Waals surface area contributed by atoms with E-state index in [-0.39, 0.29) is 0 Å². The third kappa shape index (κ3) is 1.73. The molecule has 0 radical (unpaired) electrons. The van der Waals surface area contributed by atoms with Crippen molar-refractivity contribution in [2.24, 2.45) is 0 Å². The van der Waals surface area contributed by atoms with Crippen LogP contribution in [0.3, 0.4) is 0 Å². The summed E-state index contributed by atoms with van der Waals surface area (Å²) in [5.41, 5.74) is 10.5. The normalized spacial score (nSPS) is 11.0. The number of fused-ring (bicyclic) bond motifs is 1. The number of aryl methyl sites for hydroxylation is 1. The van der Waals surface area contributed by atoms with Gasteiger partial charge in [-0.15, -0.1) is 0 Å². The summed E-state index contributed by atoms with van der Waals surface area (Å²) in [7, 11) is 0. The van der Waals surface area contributed by atoms with E-state index in [1.54, 1.807) is 0 Å². The van der Waals surface area contributed by atoms with Crippen LogP contribution >= 0.6 is 11.6 Å². The summed E-state index contributed by atoms with van der Waals surface area (Å²) in [6, 6.07) is 11.5. The molecule has 3 N–H and O–H groups in total. The maximum atomic E-state index is 5.96. The van der Waals surface area contributed by atoms with E-state index in [0.29, 0.717) is 5.69 Å². The number of aromatic amines is 1. The average Bonchev–Trinajstić information content (AvgIpc) is 2.74. The molecule has 0 fully saturated rings. The summed E-state index contributed by atoms with van der Waals surface area (Å²) in [6.07, 6.45) is 0. The van der Waals surface area contributed by atoms with Crippen LogP contribution in [0.25, 0.3) is 22.4 Å². The number of nitrogens with one attached hydrogen (secondary N) is 1. The highest BCUT2D eigenvalue weighted by Gasteiger charge is 2.09. The van der Waals surface area contributed by atoms with Gasteiger partial charge >= 0.3 is 0 Å². The average molecular weight is 258 g/mol. The lowest BCUT2D eigenvalue weighted by atomic mass is 10.1. The van der Waals surface area contributed by atoms with Gasteiger partial charge in [0.1, 0.15) is 11.3 Å². The first-order chi connectivity index (χ1) is 8.65. The molecule has 0 saturated carbocycles. The van der Waals surface area contributed by atoms with Gasteiger partial charge in [-0.1, -0.05) is 17.7 Å². The molecule has 90 valence electrons. The number of aromatic nitrogens is 2. The van der Waals surface area contributed by atoms with Crippen molar-refractivity contribution in [3.8, 4) is 11.4 Å². The van der Waals surface area contributed by atoms with Crippen molar-refractivity contribution >= 4 is 28.3 Å². The van der Waals surface area contributed by atoms with E-state index >= 15 is 0 Å². The lowest BCUT2D eigenvalue weighted by molar-refractivity contribution is 1.31. The molecule has 0 saturated heterocycles. The second kappa shape index (κ2) is 4.03. The molecule has 0 spiro atoms. The van der Waals surface area contributed by atoms with Crippen LogP contribution in [0.15, 0.2) is 36.4 Å². The predicted molar refractivity (Wildman–Crippen MR) is 75.7 cm³/mol. The summed E-state index contributed by atoms with van der Waals surface area (Å²) >= 11 is 5.96. The molecule has 0 atom stereocenters. The Morgan fingerprint density at radius 2 is 2.06 bits per heavy atom. The Kier molecular flexibility index (Phi) is 2.49. The predicted octanol–water partition coefficient (Wildman–Crippen LogP) is 3.77. The van der Waals surface area contributed by atoms with E-state index < -0.39 is 0 Å². The highest BCUT2D eigenvalue weighted by molar-refractivity contribution is 6.30. The Morgan fingerprint density at radius 3 is 2.78 bits per heavy atom. The molecule has 4 heteroatoms. The number of para-hydroxylation sites is 1. The summed E-state index contributed by atoms with van der Waals surface area (Å²) in [4.78, 5) is 7.83. The second-order valence-corrected chi connectivity index (χ2v) is 4.72. The number of H-pyrrole nitrogens is 1. The zero-order chi connectivity index (χ0) is 12.7. The van der Waals surface area contributed by atoms with Crippen LogP contribution in [0.1, 0.15) is 5.56 Å². The third-order valence-electron chi connectivity index (χ3n) is 2.99. The minimum Gasteiger partial charge on any atom is -0.397 e. The van der Waals surface area contributed by atoms with Gasteiger partial charge in [-0.2, -0.15) is 0 Å². The van der Waals surface area contributed by atoms with E-state index in [2.05, 4.69) is 9.97 Å². The first kappa shape index (κ1) is 11.1. The molecule has 18 heavy (non-hydrogen) atoms. The Bertz CT molecular complexity index is 731.